The van der Waals surface area contributed by atoms with Crippen LogP contribution in [0.4, 0.5) is 5.69 Å². The predicted octanol–water partition coefficient (Wildman–Crippen LogP) is 1.50. The molecule has 0 unspecified atom stereocenters. The van der Waals surface area contributed by atoms with Gasteiger partial charge in [-0.2, -0.15) is 5.10 Å². The summed E-state index contributed by atoms with van der Waals surface area (Å²) < 4.78 is 28.4. The smallest absolute Gasteiger partial charge is 0.322 e. The summed E-state index contributed by atoms with van der Waals surface area (Å²) in [5.74, 6) is -0.474. The van der Waals surface area contributed by atoms with Crippen LogP contribution in [0.3, 0.4) is 0 Å². The van der Waals surface area contributed by atoms with Crippen LogP contribution in [0.15, 0.2) is 64.5 Å². The van der Waals surface area contributed by atoms with E-state index in [4.69, 9.17) is 0 Å². The third kappa shape index (κ3) is 4.35. The Kier molecular flexibility index (Phi) is 5.43. The maximum absolute atomic E-state index is 12.6. The molecule has 3 rings (SSSR count). The summed E-state index contributed by atoms with van der Waals surface area (Å²) in [6.45, 7) is 3.43. The minimum absolute atomic E-state index is 0.00699. The highest BCUT2D eigenvalue weighted by atomic mass is 32.2. The van der Waals surface area contributed by atoms with Crippen molar-refractivity contribution in [1.29, 1.82) is 0 Å². The van der Waals surface area contributed by atoms with E-state index in [2.05, 4.69) is 20.2 Å². The Balaban J connectivity index is 1.84. The van der Waals surface area contributed by atoms with Gasteiger partial charge in [-0.3, -0.25) is 4.79 Å². The molecule has 3 aromatic rings. The molecular weight excluding hydrogens is 382 g/mol. The van der Waals surface area contributed by atoms with E-state index in [1.807, 2.05) is 0 Å². The van der Waals surface area contributed by atoms with Gasteiger partial charge in [0.05, 0.1) is 10.6 Å². The van der Waals surface area contributed by atoms with Crippen molar-refractivity contribution in [3.05, 3.63) is 70.9 Å². The molecular formula is C18H19N5O4S. The van der Waals surface area contributed by atoms with Gasteiger partial charge in [-0.25, -0.2) is 27.6 Å². The van der Waals surface area contributed by atoms with Crippen LogP contribution in [0, 0.1) is 0 Å². The average Bonchev–Trinajstić information content (AvgIpc) is 3.07. The van der Waals surface area contributed by atoms with Gasteiger partial charge in [0.2, 0.25) is 10.0 Å². The minimum atomic E-state index is -3.71. The number of amides is 1. The number of aromatic nitrogens is 3. The van der Waals surface area contributed by atoms with Crippen LogP contribution >= 0.6 is 0 Å². The number of nitrogens with one attached hydrogen (secondary N) is 3. The van der Waals surface area contributed by atoms with Gasteiger partial charge >= 0.3 is 5.69 Å². The van der Waals surface area contributed by atoms with Crippen molar-refractivity contribution in [3.8, 4) is 5.69 Å². The third-order valence-electron chi connectivity index (χ3n) is 3.73. The molecule has 1 aromatic heterocycles. The summed E-state index contributed by atoms with van der Waals surface area (Å²) in [4.78, 5) is 24.3. The van der Waals surface area contributed by atoms with Crippen molar-refractivity contribution in [2.75, 3.05) is 5.32 Å². The van der Waals surface area contributed by atoms with Crippen LogP contribution in [0.2, 0.25) is 0 Å². The van der Waals surface area contributed by atoms with Crippen molar-refractivity contribution < 1.29 is 13.2 Å². The average molecular weight is 401 g/mol. The van der Waals surface area contributed by atoms with Crippen LogP contribution in [0.5, 0.6) is 0 Å². The second-order valence-electron chi connectivity index (χ2n) is 6.34. The van der Waals surface area contributed by atoms with Crippen LogP contribution < -0.4 is 15.7 Å². The fourth-order valence-corrected chi connectivity index (χ4v) is 3.85. The van der Waals surface area contributed by atoms with Gasteiger partial charge in [-0.1, -0.05) is 12.1 Å². The molecule has 1 amide bonds. The topological polar surface area (TPSA) is 126 Å². The molecule has 10 heteroatoms. The zero-order valence-corrected chi connectivity index (χ0v) is 16.0. The summed E-state index contributed by atoms with van der Waals surface area (Å²) in [5.41, 5.74) is 0.759. The third-order valence-corrected chi connectivity index (χ3v) is 5.39. The van der Waals surface area contributed by atoms with Crippen molar-refractivity contribution in [1.82, 2.24) is 19.5 Å². The summed E-state index contributed by atoms with van der Waals surface area (Å²) in [6, 6.07) is 12.1. The number of hydrogen-bond donors (Lipinski definition) is 3. The molecule has 0 spiro atoms. The van der Waals surface area contributed by atoms with Crippen molar-refractivity contribution in [2.24, 2.45) is 0 Å². The van der Waals surface area contributed by atoms with Crippen LogP contribution in [-0.4, -0.2) is 35.1 Å². The highest BCUT2D eigenvalue weighted by Crippen LogP contribution is 2.16. The lowest BCUT2D eigenvalue weighted by Crippen LogP contribution is -2.30. The Labute approximate surface area is 161 Å². The Morgan fingerprint density at radius 3 is 2.57 bits per heavy atom. The molecule has 2 aromatic carbocycles. The predicted molar refractivity (Wildman–Crippen MR) is 104 cm³/mol. The lowest BCUT2D eigenvalue weighted by atomic mass is 10.2. The first-order valence-corrected chi connectivity index (χ1v) is 9.91. The van der Waals surface area contributed by atoms with Crippen molar-refractivity contribution in [2.45, 2.75) is 24.8 Å². The lowest BCUT2D eigenvalue weighted by molar-refractivity contribution is 0.102. The molecule has 0 aliphatic rings. The number of rotatable bonds is 6. The fourth-order valence-electron chi connectivity index (χ4n) is 2.55. The number of nitrogens with zero attached hydrogens (tertiary/aromatic N) is 2. The first-order valence-electron chi connectivity index (χ1n) is 8.42. The molecule has 0 atom stereocenters. The van der Waals surface area contributed by atoms with Gasteiger partial charge in [-0.05, 0) is 50.2 Å². The number of benzene rings is 2. The molecule has 3 N–H and O–H groups in total. The summed E-state index contributed by atoms with van der Waals surface area (Å²) in [5, 5.41) is 8.66. The maximum atomic E-state index is 12.6. The summed E-state index contributed by atoms with van der Waals surface area (Å²) in [6.07, 6.45) is 1.33. The first-order chi connectivity index (χ1) is 13.3. The SMILES string of the molecule is CC(C)NS(=O)(=O)c1cccc(C(=O)Nc2cccc(-n3cn[nH]c3=O)c2)c1. The van der Waals surface area contributed by atoms with Gasteiger partial charge in [0.25, 0.3) is 5.91 Å². The van der Waals surface area contributed by atoms with E-state index < -0.39 is 21.6 Å². The zero-order valence-electron chi connectivity index (χ0n) is 15.2. The van der Waals surface area contributed by atoms with Gasteiger partial charge in [0, 0.05) is 17.3 Å². The van der Waals surface area contributed by atoms with Crippen molar-refractivity contribution in [3.63, 3.8) is 0 Å². The van der Waals surface area contributed by atoms with Crippen LogP contribution in [0.1, 0.15) is 24.2 Å². The summed E-state index contributed by atoms with van der Waals surface area (Å²) in [7, 11) is -3.71. The minimum Gasteiger partial charge on any atom is -0.322 e. The molecule has 0 aliphatic carbocycles. The van der Waals surface area contributed by atoms with Gasteiger partial charge in [-0.15, -0.1) is 0 Å². The number of carbonyl (C=O) groups is 1. The Bertz CT molecular complexity index is 1160. The Morgan fingerprint density at radius 2 is 1.89 bits per heavy atom. The second kappa shape index (κ2) is 7.79. The molecule has 146 valence electrons. The van der Waals surface area contributed by atoms with E-state index in [-0.39, 0.29) is 16.5 Å². The molecule has 0 aliphatic heterocycles. The highest BCUT2D eigenvalue weighted by Gasteiger charge is 2.17. The van der Waals surface area contributed by atoms with Gasteiger partial charge in [0.1, 0.15) is 6.33 Å². The molecule has 9 nitrogen and oxygen atoms in total. The number of hydrogen-bond acceptors (Lipinski definition) is 5. The van der Waals surface area contributed by atoms with Crippen LogP contribution in [-0.2, 0) is 10.0 Å². The maximum Gasteiger partial charge on any atom is 0.347 e. The fraction of sp³-hybridized carbons (Fsp3) is 0.167. The molecule has 0 radical (unpaired) electrons. The number of aromatic amines is 1. The number of sulfonamides is 1. The van der Waals surface area contributed by atoms with Gasteiger partial charge in [0.15, 0.2) is 0 Å². The summed E-state index contributed by atoms with van der Waals surface area (Å²) >= 11 is 0. The molecule has 1 heterocycles. The number of H-pyrrole nitrogens is 1. The highest BCUT2D eigenvalue weighted by molar-refractivity contribution is 7.89. The van der Waals surface area contributed by atoms with Gasteiger partial charge < -0.3 is 5.32 Å². The van der Waals surface area contributed by atoms with E-state index in [9.17, 15) is 18.0 Å². The molecule has 0 saturated carbocycles. The molecule has 28 heavy (non-hydrogen) atoms. The number of anilines is 1. The van der Waals surface area contributed by atoms with E-state index in [1.165, 1.54) is 35.2 Å². The standard InChI is InChI=1S/C18H19N5O4S/c1-12(2)22-28(26,27)16-8-3-5-13(9-16)17(24)20-14-6-4-7-15(10-14)23-11-19-21-18(23)25/h3-12,22H,1-2H3,(H,20,24)(H,21,25). The number of carbonyl (C=O) groups excluding carboxylic acids is 1. The Hall–Kier alpha value is -3.24. The van der Waals surface area contributed by atoms with E-state index >= 15 is 0 Å². The second-order valence-corrected chi connectivity index (χ2v) is 8.05. The Morgan fingerprint density at radius 1 is 1.14 bits per heavy atom. The monoisotopic (exact) mass is 401 g/mol. The molecule has 0 saturated heterocycles. The largest absolute Gasteiger partial charge is 0.347 e. The van der Waals surface area contributed by atoms with E-state index in [1.54, 1.807) is 38.1 Å². The van der Waals surface area contributed by atoms with E-state index in [0.29, 0.717) is 11.4 Å². The van der Waals surface area contributed by atoms with Crippen LogP contribution in [0.25, 0.3) is 5.69 Å². The molecule has 0 fully saturated rings. The van der Waals surface area contributed by atoms with E-state index in [0.717, 1.165) is 0 Å². The first kappa shape index (κ1) is 19.5. The quantitative estimate of drug-likeness (QED) is 0.577. The van der Waals surface area contributed by atoms with Crippen molar-refractivity contribution >= 4 is 21.6 Å². The lowest BCUT2D eigenvalue weighted by Gasteiger charge is -2.11. The zero-order chi connectivity index (χ0) is 20.3. The molecule has 0 bridgehead atoms. The normalized spacial score (nSPS) is 11.5.